The Bertz CT molecular complexity index is 304. The van der Waals surface area contributed by atoms with Gasteiger partial charge in [0.05, 0.1) is 12.1 Å². The maximum atomic E-state index is 5.77. The molecule has 15 heavy (non-hydrogen) atoms. The van der Waals surface area contributed by atoms with E-state index in [4.69, 9.17) is 4.74 Å². The standard InChI is InChI=1S/C12H19NOS/c1-3-13-12(11-5-4-6-14-11)10-7-9(2)15-8-10/h7-8,11-13H,3-6H2,1-2H3. The van der Waals surface area contributed by atoms with Crippen LogP contribution in [0.1, 0.15) is 36.2 Å². The van der Waals surface area contributed by atoms with Crippen LogP contribution in [0.4, 0.5) is 0 Å². The molecule has 1 saturated heterocycles. The van der Waals surface area contributed by atoms with E-state index in [1.807, 2.05) is 11.3 Å². The summed E-state index contributed by atoms with van der Waals surface area (Å²) in [6.07, 6.45) is 2.77. The fourth-order valence-corrected chi connectivity index (χ4v) is 2.92. The maximum Gasteiger partial charge on any atom is 0.0770 e. The highest BCUT2D eigenvalue weighted by Crippen LogP contribution is 2.29. The lowest BCUT2D eigenvalue weighted by Gasteiger charge is -2.23. The molecule has 0 bridgehead atoms. The van der Waals surface area contributed by atoms with Crippen molar-refractivity contribution in [1.82, 2.24) is 5.32 Å². The van der Waals surface area contributed by atoms with Crippen molar-refractivity contribution in [2.45, 2.75) is 38.8 Å². The zero-order valence-corrected chi connectivity index (χ0v) is 10.3. The second-order valence-electron chi connectivity index (χ2n) is 4.08. The van der Waals surface area contributed by atoms with Crippen LogP contribution in [0.5, 0.6) is 0 Å². The molecule has 1 aromatic rings. The van der Waals surface area contributed by atoms with Crippen LogP contribution in [-0.2, 0) is 4.74 Å². The van der Waals surface area contributed by atoms with Crippen LogP contribution in [0.15, 0.2) is 11.4 Å². The number of aryl methyl sites for hydroxylation is 1. The molecule has 0 amide bonds. The third kappa shape index (κ3) is 2.60. The minimum atomic E-state index is 0.374. The molecular formula is C12H19NOS. The summed E-state index contributed by atoms with van der Waals surface area (Å²) in [4.78, 5) is 1.38. The van der Waals surface area contributed by atoms with Gasteiger partial charge >= 0.3 is 0 Å². The molecule has 1 N–H and O–H groups in total. The van der Waals surface area contributed by atoms with E-state index in [1.165, 1.54) is 23.3 Å². The first-order valence-electron chi connectivity index (χ1n) is 5.71. The summed E-state index contributed by atoms with van der Waals surface area (Å²) >= 11 is 1.82. The van der Waals surface area contributed by atoms with Gasteiger partial charge in [-0.3, -0.25) is 0 Å². The van der Waals surface area contributed by atoms with Crippen molar-refractivity contribution in [3.63, 3.8) is 0 Å². The minimum Gasteiger partial charge on any atom is -0.376 e. The average Bonchev–Trinajstić information content (AvgIpc) is 2.85. The average molecular weight is 225 g/mol. The molecule has 2 rings (SSSR count). The molecule has 0 aliphatic carbocycles. The highest BCUT2D eigenvalue weighted by molar-refractivity contribution is 7.10. The van der Waals surface area contributed by atoms with E-state index < -0.39 is 0 Å². The summed E-state index contributed by atoms with van der Waals surface area (Å²) in [5, 5.41) is 5.79. The Morgan fingerprint density at radius 2 is 2.53 bits per heavy atom. The van der Waals surface area contributed by atoms with Gasteiger partial charge in [0, 0.05) is 11.5 Å². The first-order chi connectivity index (χ1) is 7.31. The second-order valence-corrected chi connectivity index (χ2v) is 5.19. The number of nitrogens with one attached hydrogen (secondary N) is 1. The fourth-order valence-electron chi connectivity index (χ4n) is 2.18. The van der Waals surface area contributed by atoms with Gasteiger partial charge in [0.1, 0.15) is 0 Å². The third-order valence-electron chi connectivity index (χ3n) is 2.87. The van der Waals surface area contributed by atoms with Gasteiger partial charge in [0.25, 0.3) is 0 Å². The minimum absolute atomic E-state index is 0.374. The van der Waals surface area contributed by atoms with Gasteiger partial charge in [-0.15, -0.1) is 11.3 Å². The Morgan fingerprint density at radius 3 is 3.07 bits per heavy atom. The Kier molecular flexibility index (Phi) is 3.78. The van der Waals surface area contributed by atoms with Crippen LogP contribution >= 0.6 is 11.3 Å². The summed E-state index contributed by atoms with van der Waals surface area (Å²) in [5.74, 6) is 0. The fraction of sp³-hybridized carbons (Fsp3) is 0.667. The van der Waals surface area contributed by atoms with Crippen molar-refractivity contribution in [2.75, 3.05) is 13.2 Å². The largest absolute Gasteiger partial charge is 0.376 e. The number of hydrogen-bond donors (Lipinski definition) is 1. The zero-order chi connectivity index (χ0) is 10.7. The molecule has 0 radical (unpaired) electrons. The number of hydrogen-bond acceptors (Lipinski definition) is 3. The summed E-state index contributed by atoms with van der Waals surface area (Å²) in [7, 11) is 0. The molecule has 84 valence electrons. The monoisotopic (exact) mass is 225 g/mol. The van der Waals surface area contributed by atoms with E-state index in [2.05, 4.69) is 30.6 Å². The number of likely N-dealkylation sites (N-methyl/N-ethyl adjacent to an activating group) is 1. The normalized spacial score (nSPS) is 23.2. The van der Waals surface area contributed by atoms with Gasteiger partial charge in [0.15, 0.2) is 0 Å². The Hall–Kier alpha value is -0.380. The van der Waals surface area contributed by atoms with Crippen LogP contribution < -0.4 is 5.32 Å². The molecule has 2 unspecified atom stereocenters. The van der Waals surface area contributed by atoms with Crippen molar-refractivity contribution in [2.24, 2.45) is 0 Å². The lowest BCUT2D eigenvalue weighted by atomic mass is 10.0. The molecule has 1 aliphatic heterocycles. The maximum absolute atomic E-state index is 5.77. The quantitative estimate of drug-likeness (QED) is 0.850. The zero-order valence-electron chi connectivity index (χ0n) is 9.45. The molecule has 2 nitrogen and oxygen atoms in total. The smallest absolute Gasteiger partial charge is 0.0770 e. The molecule has 2 heterocycles. The number of rotatable bonds is 4. The molecule has 0 aromatic carbocycles. The lowest BCUT2D eigenvalue weighted by molar-refractivity contribution is 0.0789. The van der Waals surface area contributed by atoms with E-state index in [0.29, 0.717) is 12.1 Å². The van der Waals surface area contributed by atoms with Gasteiger partial charge < -0.3 is 10.1 Å². The van der Waals surface area contributed by atoms with E-state index >= 15 is 0 Å². The van der Waals surface area contributed by atoms with Gasteiger partial charge in [-0.05, 0) is 43.3 Å². The topological polar surface area (TPSA) is 21.3 Å². The molecular weight excluding hydrogens is 206 g/mol. The molecule has 1 fully saturated rings. The lowest BCUT2D eigenvalue weighted by Crippen LogP contribution is -2.31. The summed E-state index contributed by atoms with van der Waals surface area (Å²) in [6, 6.07) is 2.67. The Labute approximate surface area is 95.6 Å². The summed E-state index contributed by atoms with van der Waals surface area (Å²) in [5.41, 5.74) is 1.39. The number of ether oxygens (including phenoxy) is 1. The summed E-state index contributed by atoms with van der Waals surface area (Å²) in [6.45, 7) is 6.24. The Morgan fingerprint density at radius 1 is 1.67 bits per heavy atom. The molecule has 1 aliphatic rings. The molecule has 3 heteroatoms. The molecule has 1 aromatic heterocycles. The number of thiophene rings is 1. The van der Waals surface area contributed by atoms with E-state index in [0.717, 1.165) is 13.2 Å². The SMILES string of the molecule is CCNC(c1csc(C)c1)C1CCCO1. The third-order valence-corrected chi connectivity index (χ3v) is 3.75. The van der Waals surface area contributed by atoms with Crippen molar-refractivity contribution < 1.29 is 4.74 Å². The van der Waals surface area contributed by atoms with Crippen LogP contribution in [0.3, 0.4) is 0 Å². The van der Waals surface area contributed by atoms with E-state index in [1.54, 1.807) is 0 Å². The predicted octanol–water partition coefficient (Wildman–Crippen LogP) is 2.89. The van der Waals surface area contributed by atoms with Crippen molar-refractivity contribution >= 4 is 11.3 Å². The highest BCUT2D eigenvalue weighted by atomic mass is 32.1. The van der Waals surface area contributed by atoms with Gasteiger partial charge in [0.2, 0.25) is 0 Å². The van der Waals surface area contributed by atoms with Crippen molar-refractivity contribution in [1.29, 1.82) is 0 Å². The van der Waals surface area contributed by atoms with Gasteiger partial charge in [-0.2, -0.15) is 0 Å². The first-order valence-corrected chi connectivity index (χ1v) is 6.59. The predicted molar refractivity (Wildman–Crippen MR) is 64.4 cm³/mol. The highest BCUT2D eigenvalue weighted by Gasteiger charge is 2.26. The van der Waals surface area contributed by atoms with Crippen LogP contribution in [0.2, 0.25) is 0 Å². The van der Waals surface area contributed by atoms with E-state index in [9.17, 15) is 0 Å². The van der Waals surface area contributed by atoms with Gasteiger partial charge in [-0.25, -0.2) is 0 Å². The molecule has 0 saturated carbocycles. The van der Waals surface area contributed by atoms with Crippen LogP contribution in [0, 0.1) is 6.92 Å². The Balaban J connectivity index is 2.11. The van der Waals surface area contributed by atoms with Crippen LogP contribution in [-0.4, -0.2) is 19.3 Å². The summed E-state index contributed by atoms with van der Waals surface area (Å²) < 4.78 is 5.77. The molecule has 2 atom stereocenters. The van der Waals surface area contributed by atoms with Crippen LogP contribution in [0.25, 0.3) is 0 Å². The van der Waals surface area contributed by atoms with E-state index in [-0.39, 0.29) is 0 Å². The first kappa shape index (κ1) is 11.1. The second kappa shape index (κ2) is 5.10. The molecule has 0 spiro atoms. The van der Waals surface area contributed by atoms with Crippen molar-refractivity contribution in [3.8, 4) is 0 Å². The van der Waals surface area contributed by atoms with Gasteiger partial charge in [-0.1, -0.05) is 6.92 Å². The van der Waals surface area contributed by atoms with Crippen molar-refractivity contribution in [3.05, 3.63) is 21.9 Å².